The first-order valence-corrected chi connectivity index (χ1v) is 5.97. The van der Waals surface area contributed by atoms with Gasteiger partial charge in [0, 0.05) is 18.8 Å². The van der Waals surface area contributed by atoms with E-state index in [-0.39, 0.29) is 6.54 Å². The number of aromatic nitrogens is 2. The first kappa shape index (κ1) is 14.5. The van der Waals surface area contributed by atoms with Crippen molar-refractivity contribution in [1.82, 2.24) is 19.8 Å². The fourth-order valence-corrected chi connectivity index (χ4v) is 1.93. The molecule has 1 saturated heterocycles. The zero-order valence-corrected chi connectivity index (χ0v) is 10.7. The van der Waals surface area contributed by atoms with Gasteiger partial charge in [-0.1, -0.05) is 0 Å². The Morgan fingerprint density at radius 2 is 2.05 bits per heavy atom. The molecule has 2 rings (SSSR count). The largest absolute Gasteiger partial charge is 0.480 e. The highest BCUT2D eigenvalue weighted by molar-refractivity contribution is 5.91. The molecule has 1 unspecified atom stereocenters. The van der Waals surface area contributed by atoms with E-state index < -0.39 is 48.2 Å². The molecule has 2 heterocycles. The summed E-state index contributed by atoms with van der Waals surface area (Å²) in [7, 11) is 0. The Labute approximate surface area is 117 Å². The molecule has 0 aliphatic carbocycles. The minimum Gasteiger partial charge on any atom is -0.480 e. The molecule has 3 N–H and O–H groups in total. The van der Waals surface area contributed by atoms with Gasteiger partial charge in [0.05, 0.1) is 0 Å². The monoisotopic (exact) mass is 296 g/mol. The molecule has 1 fully saturated rings. The lowest BCUT2D eigenvalue weighted by molar-refractivity contribution is -0.154. The van der Waals surface area contributed by atoms with Crippen molar-refractivity contribution in [2.45, 2.75) is 12.6 Å². The number of nitrogens with zero attached hydrogens (tertiary/aromatic N) is 2. The highest BCUT2D eigenvalue weighted by atomic mass is 16.4. The van der Waals surface area contributed by atoms with E-state index in [1.807, 2.05) is 4.98 Å². The van der Waals surface area contributed by atoms with Crippen LogP contribution < -0.4 is 16.6 Å². The summed E-state index contributed by atoms with van der Waals surface area (Å²) in [4.78, 5) is 59.7. The van der Waals surface area contributed by atoms with Crippen molar-refractivity contribution >= 4 is 17.8 Å². The molecule has 1 aromatic rings. The molecule has 1 aromatic heterocycles. The third-order valence-electron chi connectivity index (χ3n) is 2.99. The SMILES string of the molecule is O=C1CN(C(=O)Cn2ccc(=O)[nH]c2=O)C(C(=O)O)CN1. The molecule has 21 heavy (non-hydrogen) atoms. The van der Waals surface area contributed by atoms with Crippen molar-refractivity contribution in [3.63, 3.8) is 0 Å². The number of H-pyrrole nitrogens is 1. The third kappa shape index (κ3) is 3.16. The summed E-state index contributed by atoms with van der Waals surface area (Å²) >= 11 is 0. The van der Waals surface area contributed by atoms with Crippen molar-refractivity contribution in [3.8, 4) is 0 Å². The van der Waals surface area contributed by atoms with E-state index >= 15 is 0 Å². The molecule has 0 saturated carbocycles. The van der Waals surface area contributed by atoms with Gasteiger partial charge in [0.25, 0.3) is 5.56 Å². The zero-order chi connectivity index (χ0) is 15.6. The van der Waals surface area contributed by atoms with Gasteiger partial charge in [0.2, 0.25) is 11.8 Å². The van der Waals surface area contributed by atoms with Crippen LogP contribution in [0.5, 0.6) is 0 Å². The van der Waals surface area contributed by atoms with Crippen molar-refractivity contribution in [2.24, 2.45) is 0 Å². The molecule has 1 aliphatic heterocycles. The van der Waals surface area contributed by atoms with Gasteiger partial charge in [0.15, 0.2) is 0 Å². The molecule has 2 amide bonds. The Balaban J connectivity index is 2.20. The van der Waals surface area contributed by atoms with E-state index in [0.29, 0.717) is 0 Å². The molecule has 0 bridgehead atoms. The zero-order valence-electron chi connectivity index (χ0n) is 10.7. The number of piperazine rings is 1. The maximum absolute atomic E-state index is 12.1. The number of carboxylic acid groups (broad SMARTS) is 1. The molecule has 0 radical (unpaired) electrons. The van der Waals surface area contributed by atoms with Gasteiger partial charge in [-0.2, -0.15) is 0 Å². The van der Waals surface area contributed by atoms with Gasteiger partial charge in [-0.05, 0) is 0 Å². The van der Waals surface area contributed by atoms with Crippen molar-refractivity contribution in [1.29, 1.82) is 0 Å². The number of hydrogen-bond acceptors (Lipinski definition) is 5. The molecule has 1 aliphatic rings. The van der Waals surface area contributed by atoms with E-state index in [1.54, 1.807) is 0 Å². The van der Waals surface area contributed by atoms with Crippen LogP contribution in [0.3, 0.4) is 0 Å². The maximum Gasteiger partial charge on any atom is 0.328 e. The average molecular weight is 296 g/mol. The fraction of sp³-hybridized carbons (Fsp3) is 0.364. The number of rotatable bonds is 3. The highest BCUT2D eigenvalue weighted by Gasteiger charge is 2.35. The van der Waals surface area contributed by atoms with Crippen molar-refractivity contribution < 1.29 is 19.5 Å². The predicted molar refractivity (Wildman–Crippen MR) is 67.5 cm³/mol. The van der Waals surface area contributed by atoms with Crippen LogP contribution in [-0.4, -0.2) is 56.5 Å². The van der Waals surface area contributed by atoms with Crippen LogP contribution in [0.4, 0.5) is 0 Å². The van der Waals surface area contributed by atoms with E-state index in [9.17, 15) is 24.0 Å². The van der Waals surface area contributed by atoms with Crippen molar-refractivity contribution in [3.05, 3.63) is 33.1 Å². The number of carbonyl (C=O) groups excluding carboxylic acids is 2. The second-order valence-electron chi connectivity index (χ2n) is 4.42. The summed E-state index contributed by atoms with van der Waals surface area (Å²) in [6.45, 7) is -1.05. The molecular formula is C11H12N4O6. The van der Waals surface area contributed by atoms with Gasteiger partial charge in [-0.15, -0.1) is 0 Å². The summed E-state index contributed by atoms with van der Waals surface area (Å²) < 4.78 is 0.926. The average Bonchev–Trinajstić information content (AvgIpc) is 2.41. The first-order chi connectivity index (χ1) is 9.88. The lowest BCUT2D eigenvalue weighted by atomic mass is 10.2. The second kappa shape index (κ2) is 5.61. The van der Waals surface area contributed by atoms with E-state index in [1.165, 1.54) is 0 Å². The number of aliphatic carboxylic acids is 1. The summed E-state index contributed by atoms with van der Waals surface area (Å²) in [5.41, 5.74) is -1.39. The molecule has 1 atom stereocenters. The summed E-state index contributed by atoms with van der Waals surface area (Å²) in [6, 6.07) is -0.125. The molecular weight excluding hydrogens is 284 g/mol. The van der Waals surface area contributed by atoms with Crippen molar-refractivity contribution in [2.75, 3.05) is 13.1 Å². The number of nitrogens with one attached hydrogen (secondary N) is 2. The Morgan fingerprint density at radius 3 is 2.67 bits per heavy atom. The minimum absolute atomic E-state index is 0.194. The first-order valence-electron chi connectivity index (χ1n) is 5.97. The maximum atomic E-state index is 12.1. The fourth-order valence-electron chi connectivity index (χ4n) is 1.93. The topological polar surface area (TPSA) is 142 Å². The van der Waals surface area contributed by atoms with Gasteiger partial charge in [-0.25, -0.2) is 9.59 Å². The summed E-state index contributed by atoms with van der Waals surface area (Å²) in [6.07, 6.45) is 1.12. The minimum atomic E-state index is -1.25. The third-order valence-corrected chi connectivity index (χ3v) is 2.99. The Bertz CT molecular complexity index is 705. The highest BCUT2D eigenvalue weighted by Crippen LogP contribution is 2.05. The van der Waals surface area contributed by atoms with Crippen LogP contribution >= 0.6 is 0 Å². The Hall–Kier alpha value is -2.91. The van der Waals surface area contributed by atoms with Crippen LogP contribution in [0.2, 0.25) is 0 Å². The van der Waals surface area contributed by atoms with Crippen LogP contribution in [0.1, 0.15) is 0 Å². The van der Waals surface area contributed by atoms with Gasteiger partial charge >= 0.3 is 11.7 Å². The smallest absolute Gasteiger partial charge is 0.328 e. The number of carboxylic acids is 1. The van der Waals surface area contributed by atoms with E-state index in [0.717, 1.165) is 21.7 Å². The van der Waals surface area contributed by atoms with E-state index in [2.05, 4.69) is 5.32 Å². The van der Waals surface area contributed by atoms with Crippen LogP contribution in [0.25, 0.3) is 0 Å². The molecule has 10 heteroatoms. The summed E-state index contributed by atoms with van der Waals surface area (Å²) in [5.74, 6) is -2.43. The van der Waals surface area contributed by atoms with Gasteiger partial charge < -0.3 is 15.3 Å². The number of hydrogen-bond donors (Lipinski definition) is 3. The quantitative estimate of drug-likeness (QED) is 0.541. The molecule has 0 spiro atoms. The van der Waals surface area contributed by atoms with E-state index in [4.69, 9.17) is 5.11 Å². The van der Waals surface area contributed by atoms with Crippen LogP contribution in [0, 0.1) is 0 Å². The molecule has 10 nitrogen and oxygen atoms in total. The van der Waals surface area contributed by atoms with Gasteiger partial charge in [-0.3, -0.25) is 23.9 Å². The Kier molecular flexibility index (Phi) is 3.87. The predicted octanol–water partition coefficient (Wildman–Crippen LogP) is -3.05. The Morgan fingerprint density at radius 1 is 1.33 bits per heavy atom. The summed E-state index contributed by atoms with van der Waals surface area (Å²) in [5, 5.41) is 11.4. The number of amides is 2. The standard InChI is InChI=1S/C11H12N4O6/c16-7-1-2-14(11(21)13-7)5-9(18)15-4-8(17)12-3-6(15)10(19)20/h1-2,6H,3-5H2,(H,12,17)(H,19,20)(H,13,16,21). The van der Waals surface area contributed by atoms with Gasteiger partial charge in [0.1, 0.15) is 19.1 Å². The second-order valence-corrected chi connectivity index (χ2v) is 4.42. The number of aromatic amines is 1. The normalized spacial score (nSPS) is 18.2. The number of carbonyl (C=O) groups is 3. The van der Waals surface area contributed by atoms with Crippen LogP contribution in [0.15, 0.2) is 21.9 Å². The van der Waals surface area contributed by atoms with Crippen LogP contribution in [-0.2, 0) is 20.9 Å². The lowest BCUT2D eigenvalue weighted by Gasteiger charge is -2.32. The molecule has 112 valence electrons. The molecule has 0 aromatic carbocycles. The lowest BCUT2D eigenvalue weighted by Crippen LogP contribution is -2.60.